The molecule has 0 bridgehead atoms. The van der Waals surface area contributed by atoms with Gasteiger partial charge in [-0.2, -0.15) is 0 Å². The van der Waals surface area contributed by atoms with E-state index in [1.165, 1.54) is 24.3 Å². The first kappa shape index (κ1) is 22.3. The molecule has 0 radical (unpaired) electrons. The van der Waals surface area contributed by atoms with Crippen LogP contribution in [0.15, 0.2) is 84.1 Å². The molecule has 2 aromatic carbocycles. The van der Waals surface area contributed by atoms with E-state index in [4.69, 9.17) is 5.14 Å². The van der Waals surface area contributed by atoms with Gasteiger partial charge in [-0.1, -0.05) is 24.3 Å². The number of hydrogen-bond donors (Lipinski definition) is 3. The van der Waals surface area contributed by atoms with Crippen molar-refractivity contribution in [2.75, 3.05) is 10.6 Å². The molecule has 33 heavy (non-hydrogen) atoms. The second-order valence-electron chi connectivity index (χ2n) is 7.33. The number of nitrogens with one attached hydrogen (secondary N) is 2. The van der Waals surface area contributed by atoms with Gasteiger partial charge in [0.25, 0.3) is 0 Å². The van der Waals surface area contributed by atoms with Gasteiger partial charge in [-0.15, -0.1) is 0 Å². The van der Waals surface area contributed by atoms with Crippen LogP contribution in [0.4, 0.5) is 21.8 Å². The van der Waals surface area contributed by atoms with Crippen LogP contribution in [0.25, 0.3) is 11.1 Å². The van der Waals surface area contributed by atoms with Crippen molar-refractivity contribution < 1.29 is 12.8 Å². The molecule has 0 saturated carbocycles. The lowest BCUT2D eigenvalue weighted by Crippen LogP contribution is -2.11. The molecule has 4 N–H and O–H groups in total. The van der Waals surface area contributed by atoms with Crippen molar-refractivity contribution in [3.05, 3.63) is 90.6 Å². The van der Waals surface area contributed by atoms with Gasteiger partial charge in [0.15, 0.2) is 0 Å². The van der Waals surface area contributed by atoms with Gasteiger partial charge in [0.2, 0.25) is 10.0 Å². The summed E-state index contributed by atoms with van der Waals surface area (Å²) < 4.78 is 36.4. The van der Waals surface area contributed by atoms with Crippen LogP contribution in [-0.2, 0) is 10.0 Å². The molecule has 0 amide bonds. The number of halogens is 1. The minimum absolute atomic E-state index is 0.0292. The van der Waals surface area contributed by atoms with E-state index in [0.717, 1.165) is 16.7 Å². The molecule has 168 valence electrons. The van der Waals surface area contributed by atoms with Crippen molar-refractivity contribution in [2.45, 2.75) is 17.9 Å². The smallest absolute Gasteiger partial charge is 0.238 e. The van der Waals surface area contributed by atoms with E-state index in [-0.39, 0.29) is 16.8 Å². The number of pyridine rings is 1. The third-order valence-electron chi connectivity index (χ3n) is 4.90. The molecule has 10 heteroatoms. The SMILES string of the molecule is C[C@H](Nc1cc(-c2ccc(S(N)(=O)=O)cc2)cc(Nc2cnccn2)n1)c1ccc(F)cc1. The van der Waals surface area contributed by atoms with Crippen molar-refractivity contribution >= 4 is 27.5 Å². The molecule has 0 aliphatic rings. The number of rotatable bonds is 7. The fourth-order valence-corrected chi connectivity index (χ4v) is 3.74. The quantitative estimate of drug-likeness (QED) is 0.374. The molecule has 1 atom stereocenters. The van der Waals surface area contributed by atoms with E-state index in [0.29, 0.717) is 17.5 Å². The van der Waals surface area contributed by atoms with Crippen LogP contribution in [0.3, 0.4) is 0 Å². The fourth-order valence-electron chi connectivity index (χ4n) is 3.22. The normalized spacial score (nSPS) is 12.2. The lowest BCUT2D eigenvalue weighted by molar-refractivity contribution is 0.598. The summed E-state index contributed by atoms with van der Waals surface area (Å²) in [5, 5.41) is 11.6. The van der Waals surface area contributed by atoms with Gasteiger partial charge in [0.1, 0.15) is 23.3 Å². The summed E-state index contributed by atoms with van der Waals surface area (Å²) in [5.41, 5.74) is 2.44. The molecule has 0 aliphatic heterocycles. The number of aromatic nitrogens is 3. The van der Waals surface area contributed by atoms with Crippen molar-refractivity contribution in [2.24, 2.45) is 5.14 Å². The molecule has 4 aromatic rings. The monoisotopic (exact) mass is 464 g/mol. The lowest BCUT2D eigenvalue weighted by Gasteiger charge is -2.17. The van der Waals surface area contributed by atoms with E-state index in [1.54, 1.807) is 42.9 Å². The van der Waals surface area contributed by atoms with Crippen molar-refractivity contribution in [3.63, 3.8) is 0 Å². The van der Waals surface area contributed by atoms with Crippen LogP contribution >= 0.6 is 0 Å². The highest BCUT2D eigenvalue weighted by atomic mass is 32.2. The molecule has 0 unspecified atom stereocenters. The van der Waals surface area contributed by atoms with Crippen LogP contribution in [-0.4, -0.2) is 23.4 Å². The first-order chi connectivity index (χ1) is 15.8. The average molecular weight is 465 g/mol. The van der Waals surface area contributed by atoms with Crippen LogP contribution in [0.1, 0.15) is 18.5 Å². The van der Waals surface area contributed by atoms with Gasteiger partial charge in [-0.3, -0.25) is 4.98 Å². The summed E-state index contributed by atoms with van der Waals surface area (Å²) in [6.45, 7) is 1.94. The number of anilines is 3. The molecule has 8 nitrogen and oxygen atoms in total. The lowest BCUT2D eigenvalue weighted by atomic mass is 10.1. The summed E-state index contributed by atoms with van der Waals surface area (Å²) >= 11 is 0. The van der Waals surface area contributed by atoms with Crippen LogP contribution in [0.5, 0.6) is 0 Å². The summed E-state index contributed by atoms with van der Waals surface area (Å²) in [6.07, 6.45) is 4.71. The van der Waals surface area contributed by atoms with Crippen LogP contribution in [0.2, 0.25) is 0 Å². The maximum Gasteiger partial charge on any atom is 0.238 e. The Morgan fingerprint density at radius 3 is 2.24 bits per heavy atom. The van der Waals surface area contributed by atoms with Gasteiger partial charge in [-0.25, -0.2) is 27.9 Å². The molecular formula is C23H21FN6O2S. The zero-order valence-corrected chi connectivity index (χ0v) is 18.4. The molecule has 2 aromatic heterocycles. The van der Waals surface area contributed by atoms with Crippen LogP contribution < -0.4 is 15.8 Å². The molecule has 0 aliphatic carbocycles. The van der Waals surface area contributed by atoms with Crippen molar-refractivity contribution in [3.8, 4) is 11.1 Å². The van der Waals surface area contributed by atoms with Gasteiger partial charge in [-0.05, 0) is 60.0 Å². The Kier molecular flexibility index (Phi) is 6.29. The van der Waals surface area contributed by atoms with E-state index in [1.807, 2.05) is 19.1 Å². The Morgan fingerprint density at radius 1 is 0.909 bits per heavy atom. The third-order valence-corrected chi connectivity index (χ3v) is 5.82. The second-order valence-corrected chi connectivity index (χ2v) is 8.89. The highest BCUT2D eigenvalue weighted by Gasteiger charge is 2.12. The number of nitrogens with zero attached hydrogens (tertiary/aromatic N) is 3. The van der Waals surface area contributed by atoms with E-state index >= 15 is 0 Å². The summed E-state index contributed by atoms with van der Waals surface area (Å²) in [4.78, 5) is 12.9. The highest BCUT2D eigenvalue weighted by Crippen LogP contribution is 2.29. The summed E-state index contributed by atoms with van der Waals surface area (Å²) in [5.74, 6) is 1.29. The fraction of sp³-hybridized carbons (Fsp3) is 0.0870. The number of hydrogen-bond acceptors (Lipinski definition) is 7. The molecule has 0 saturated heterocycles. The van der Waals surface area contributed by atoms with Gasteiger partial charge in [0, 0.05) is 18.4 Å². The Morgan fingerprint density at radius 2 is 1.61 bits per heavy atom. The Balaban J connectivity index is 1.69. The van der Waals surface area contributed by atoms with Gasteiger partial charge < -0.3 is 10.6 Å². The number of nitrogens with two attached hydrogens (primary N) is 1. The minimum Gasteiger partial charge on any atom is -0.363 e. The number of benzene rings is 2. The first-order valence-corrected chi connectivity index (χ1v) is 11.5. The maximum atomic E-state index is 13.3. The number of sulfonamides is 1. The summed E-state index contributed by atoms with van der Waals surface area (Å²) in [7, 11) is -3.79. The molecule has 0 fully saturated rings. The van der Waals surface area contributed by atoms with Crippen molar-refractivity contribution in [1.82, 2.24) is 15.0 Å². The topological polar surface area (TPSA) is 123 Å². The zero-order valence-electron chi connectivity index (χ0n) is 17.6. The number of primary sulfonamides is 1. The Hall–Kier alpha value is -3.89. The van der Waals surface area contributed by atoms with E-state index in [2.05, 4.69) is 25.6 Å². The second kappa shape index (κ2) is 9.31. The van der Waals surface area contributed by atoms with E-state index < -0.39 is 10.0 Å². The predicted molar refractivity (Wildman–Crippen MR) is 125 cm³/mol. The Bertz CT molecular complexity index is 1350. The largest absolute Gasteiger partial charge is 0.363 e. The Labute approximate surface area is 190 Å². The van der Waals surface area contributed by atoms with Crippen molar-refractivity contribution in [1.29, 1.82) is 0 Å². The highest BCUT2D eigenvalue weighted by molar-refractivity contribution is 7.89. The predicted octanol–water partition coefficient (Wildman–Crippen LogP) is 4.24. The molecule has 4 rings (SSSR count). The molecular weight excluding hydrogens is 443 g/mol. The van der Waals surface area contributed by atoms with Gasteiger partial charge >= 0.3 is 0 Å². The standard InChI is InChI=1S/C23H21FN6O2S/c1-15(16-2-6-19(24)7-3-16)28-21-12-18(17-4-8-20(9-5-17)33(25,31)32)13-22(29-21)30-23-14-26-10-11-27-23/h2-15H,1H3,(H2,25,31,32)(H2,27,28,29,30)/t15-/m0/s1. The van der Waals surface area contributed by atoms with E-state index in [9.17, 15) is 12.8 Å². The third kappa shape index (κ3) is 5.68. The van der Waals surface area contributed by atoms with Gasteiger partial charge in [0.05, 0.1) is 11.1 Å². The average Bonchev–Trinajstić information content (AvgIpc) is 2.79. The minimum atomic E-state index is -3.79. The zero-order chi connectivity index (χ0) is 23.4. The maximum absolute atomic E-state index is 13.3. The summed E-state index contributed by atoms with van der Waals surface area (Å²) in [6, 6.07) is 16.0. The molecule has 0 spiro atoms. The first-order valence-electron chi connectivity index (χ1n) is 9.98. The van der Waals surface area contributed by atoms with Crippen LogP contribution in [0, 0.1) is 5.82 Å². The molecule has 2 heterocycles.